The maximum atomic E-state index is 8.55. The Hall–Kier alpha value is -1.75. The van der Waals surface area contributed by atoms with Gasteiger partial charge in [-0.1, -0.05) is 24.2 Å². The van der Waals surface area contributed by atoms with Crippen LogP contribution in [0.3, 0.4) is 0 Å². The molecule has 18 heavy (non-hydrogen) atoms. The highest BCUT2D eigenvalue weighted by Gasteiger charge is 2.08. The van der Waals surface area contributed by atoms with Crippen molar-refractivity contribution in [2.24, 2.45) is 10.9 Å². The van der Waals surface area contributed by atoms with Gasteiger partial charge in [-0.2, -0.15) is 0 Å². The van der Waals surface area contributed by atoms with Crippen molar-refractivity contribution in [2.75, 3.05) is 7.11 Å². The Morgan fingerprint density at radius 3 is 2.94 bits per heavy atom. The second-order valence-electron chi connectivity index (χ2n) is 4.13. The molecule has 5 heteroatoms. The SMILES string of the molecule is CCC(CC(N)=NO)NCc1cccc(OC)c1. The van der Waals surface area contributed by atoms with E-state index in [1.807, 2.05) is 24.3 Å². The van der Waals surface area contributed by atoms with Gasteiger partial charge in [-0.3, -0.25) is 0 Å². The van der Waals surface area contributed by atoms with Crippen molar-refractivity contribution < 1.29 is 9.94 Å². The summed E-state index contributed by atoms with van der Waals surface area (Å²) in [6.07, 6.45) is 1.46. The van der Waals surface area contributed by atoms with Gasteiger partial charge in [-0.15, -0.1) is 0 Å². The first-order valence-electron chi connectivity index (χ1n) is 6.02. The fraction of sp³-hybridized carbons (Fsp3) is 0.462. The van der Waals surface area contributed by atoms with Gasteiger partial charge in [-0.05, 0) is 24.1 Å². The molecule has 0 aliphatic rings. The normalized spacial score (nSPS) is 13.3. The molecule has 0 saturated carbocycles. The highest BCUT2D eigenvalue weighted by Crippen LogP contribution is 2.12. The molecule has 1 atom stereocenters. The van der Waals surface area contributed by atoms with Crippen LogP contribution in [0, 0.1) is 0 Å². The van der Waals surface area contributed by atoms with E-state index in [0.29, 0.717) is 6.42 Å². The summed E-state index contributed by atoms with van der Waals surface area (Å²) in [5.74, 6) is 1.10. The maximum absolute atomic E-state index is 8.55. The Balaban J connectivity index is 2.51. The van der Waals surface area contributed by atoms with Crippen LogP contribution >= 0.6 is 0 Å². The lowest BCUT2D eigenvalue weighted by Gasteiger charge is -2.16. The first-order valence-corrected chi connectivity index (χ1v) is 6.02. The number of oxime groups is 1. The fourth-order valence-corrected chi connectivity index (χ4v) is 1.70. The number of nitrogens with one attached hydrogen (secondary N) is 1. The first kappa shape index (κ1) is 14.3. The zero-order valence-electron chi connectivity index (χ0n) is 10.9. The molecule has 0 amide bonds. The van der Waals surface area contributed by atoms with Crippen molar-refractivity contribution in [3.8, 4) is 5.75 Å². The van der Waals surface area contributed by atoms with Gasteiger partial charge in [-0.25, -0.2) is 0 Å². The van der Waals surface area contributed by atoms with Crippen LogP contribution in [0.25, 0.3) is 0 Å². The lowest BCUT2D eigenvalue weighted by molar-refractivity contribution is 0.315. The molecule has 0 bridgehead atoms. The Morgan fingerprint density at radius 1 is 1.56 bits per heavy atom. The molecule has 0 spiro atoms. The second kappa shape index (κ2) is 7.55. The summed E-state index contributed by atoms with van der Waals surface area (Å²) in [7, 11) is 1.65. The van der Waals surface area contributed by atoms with Crippen LogP contribution in [0.5, 0.6) is 5.75 Å². The standard InChI is InChI=1S/C13H21N3O2/c1-3-11(8-13(14)16-17)15-9-10-5-4-6-12(7-10)18-2/h4-7,11,15,17H,3,8-9H2,1-2H3,(H2,14,16). The van der Waals surface area contributed by atoms with E-state index in [1.165, 1.54) is 0 Å². The zero-order chi connectivity index (χ0) is 13.4. The van der Waals surface area contributed by atoms with Crippen molar-refractivity contribution in [3.05, 3.63) is 29.8 Å². The third-order valence-corrected chi connectivity index (χ3v) is 2.81. The van der Waals surface area contributed by atoms with Crippen LogP contribution in [-0.2, 0) is 6.54 Å². The molecule has 0 aliphatic heterocycles. The molecule has 0 fully saturated rings. The van der Waals surface area contributed by atoms with Gasteiger partial charge < -0.3 is 21.0 Å². The molecule has 0 aliphatic carbocycles. The third kappa shape index (κ3) is 4.63. The maximum Gasteiger partial charge on any atom is 0.140 e. The van der Waals surface area contributed by atoms with Crippen LogP contribution in [0.2, 0.25) is 0 Å². The second-order valence-corrected chi connectivity index (χ2v) is 4.13. The molecule has 1 aromatic carbocycles. The molecule has 100 valence electrons. The highest BCUT2D eigenvalue weighted by molar-refractivity contribution is 5.80. The summed E-state index contributed by atoms with van der Waals surface area (Å²) in [4.78, 5) is 0. The van der Waals surface area contributed by atoms with Gasteiger partial charge in [0.1, 0.15) is 11.6 Å². The lowest BCUT2D eigenvalue weighted by atomic mass is 10.1. The summed E-state index contributed by atoms with van der Waals surface area (Å²) < 4.78 is 5.17. The minimum atomic E-state index is 0.201. The van der Waals surface area contributed by atoms with Gasteiger partial charge in [0.05, 0.1) is 7.11 Å². The molecular weight excluding hydrogens is 230 g/mol. The van der Waals surface area contributed by atoms with Gasteiger partial charge in [0.25, 0.3) is 0 Å². The minimum Gasteiger partial charge on any atom is -0.497 e. The van der Waals surface area contributed by atoms with Crippen molar-refractivity contribution >= 4 is 5.84 Å². The van der Waals surface area contributed by atoms with E-state index in [-0.39, 0.29) is 11.9 Å². The molecule has 4 N–H and O–H groups in total. The quantitative estimate of drug-likeness (QED) is 0.298. The Kier molecular flexibility index (Phi) is 6.00. The number of nitrogens with zero attached hydrogens (tertiary/aromatic N) is 1. The number of methoxy groups -OCH3 is 1. The molecule has 0 radical (unpaired) electrons. The predicted molar refractivity (Wildman–Crippen MR) is 71.9 cm³/mol. The highest BCUT2D eigenvalue weighted by atomic mass is 16.5. The number of hydrogen-bond donors (Lipinski definition) is 3. The largest absolute Gasteiger partial charge is 0.497 e. The van der Waals surface area contributed by atoms with Crippen LogP contribution in [0.15, 0.2) is 29.4 Å². The fourth-order valence-electron chi connectivity index (χ4n) is 1.70. The van der Waals surface area contributed by atoms with E-state index >= 15 is 0 Å². The number of amidine groups is 1. The topological polar surface area (TPSA) is 79.9 Å². The minimum absolute atomic E-state index is 0.201. The first-order chi connectivity index (χ1) is 8.69. The molecular formula is C13H21N3O2. The van der Waals surface area contributed by atoms with Crippen molar-refractivity contribution in [1.29, 1.82) is 0 Å². The van der Waals surface area contributed by atoms with E-state index in [0.717, 1.165) is 24.3 Å². The van der Waals surface area contributed by atoms with Crippen LogP contribution < -0.4 is 15.8 Å². The molecule has 0 heterocycles. The summed E-state index contributed by atoms with van der Waals surface area (Å²) in [6, 6.07) is 8.10. The van der Waals surface area contributed by atoms with E-state index in [1.54, 1.807) is 7.11 Å². The van der Waals surface area contributed by atoms with Gasteiger partial charge in [0.15, 0.2) is 0 Å². The van der Waals surface area contributed by atoms with Crippen molar-refractivity contribution in [3.63, 3.8) is 0 Å². The summed E-state index contributed by atoms with van der Waals surface area (Å²) in [6.45, 7) is 2.79. The number of hydrogen-bond acceptors (Lipinski definition) is 4. The third-order valence-electron chi connectivity index (χ3n) is 2.81. The molecule has 0 aromatic heterocycles. The van der Waals surface area contributed by atoms with Crippen molar-refractivity contribution in [1.82, 2.24) is 5.32 Å². The predicted octanol–water partition coefficient (Wildman–Crippen LogP) is 1.70. The smallest absolute Gasteiger partial charge is 0.140 e. The number of nitrogens with two attached hydrogens (primary N) is 1. The van der Waals surface area contributed by atoms with Crippen LogP contribution in [0.1, 0.15) is 25.3 Å². The Labute approximate surface area is 108 Å². The summed E-state index contributed by atoms with van der Waals surface area (Å²) in [5, 5.41) is 14.9. The molecule has 1 unspecified atom stereocenters. The van der Waals surface area contributed by atoms with Gasteiger partial charge in [0.2, 0.25) is 0 Å². The molecule has 1 rings (SSSR count). The van der Waals surface area contributed by atoms with E-state index < -0.39 is 0 Å². The number of benzene rings is 1. The van der Waals surface area contributed by atoms with E-state index in [9.17, 15) is 0 Å². The van der Waals surface area contributed by atoms with Crippen LogP contribution in [-0.4, -0.2) is 24.2 Å². The average Bonchev–Trinajstić information content (AvgIpc) is 2.43. The summed E-state index contributed by atoms with van der Waals surface area (Å²) in [5.41, 5.74) is 6.65. The number of rotatable bonds is 7. The van der Waals surface area contributed by atoms with E-state index in [2.05, 4.69) is 17.4 Å². The Morgan fingerprint density at radius 2 is 2.33 bits per heavy atom. The van der Waals surface area contributed by atoms with Crippen LogP contribution in [0.4, 0.5) is 0 Å². The van der Waals surface area contributed by atoms with Gasteiger partial charge >= 0.3 is 0 Å². The monoisotopic (exact) mass is 251 g/mol. The molecule has 1 aromatic rings. The van der Waals surface area contributed by atoms with Crippen molar-refractivity contribution in [2.45, 2.75) is 32.4 Å². The van der Waals surface area contributed by atoms with E-state index in [4.69, 9.17) is 15.7 Å². The molecule has 0 saturated heterocycles. The number of ether oxygens (including phenoxy) is 1. The zero-order valence-corrected chi connectivity index (χ0v) is 10.9. The van der Waals surface area contributed by atoms with Gasteiger partial charge in [0, 0.05) is 19.0 Å². The molecule has 5 nitrogen and oxygen atoms in total. The average molecular weight is 251 g/mol. The Bertz CT molecular complexity index is 394. The lowest BCUT2D eigenvalue weighted by Crippen LogP contribution is -2.32. The summed E-state index contributed by atoms with van der Waals surface area (Å²) >= 11 is 0.